The molecule has 2 nitrogen and oxygen atoms in total. The van der Waals surface area contributed by atoms with Gasteiger partial charge >= 0.3 is 0 Å². The van der Waals surface area contributed by atoms with Crippen LogP contribution in [-0.4, -0.2) is 15.5 Å². The first-order valence-electron chi connectivity index (χ1n) is 3.58. The van der Waals surface area contributed by atoms with Crippen LogP contribution in [0.5, 0.6) is 0 Å². The van der Waals surface area contributed by atoms with Crippen LogP contribution in [0.2, 0.25) is 0 Å². The molecule has 0 spiro atoms. The van der Waals surface area contributed by atoms with Gasteiger partial charge in [0, 0.05) is 12.6 Å². The highest BCUT2D eigenvalue weighted by atomic mass is 79.9. The highest BCUT2D eigenvalue weighted by Gasteiger charge is 2.26. The van der Waals surface area contributed by atoms with Crippen LogP contribution in [0.4, 0.5) is 8.78 Å². The van der Waals surface area contributed by atoms with E-state index in [-0.39, 0.29) is 13.0 Å². The van der Waals surface area contributed by atoms with Crippen molar-refractivity contribution in [3.8, 4) is 0 Å². The molecule has 1 aromatic heterocycles. The van der Waals surface area contributed by atoms with Crippen molar-refractivity contribution in [3.63, 3.8) is 0 Å². The lowest BCUT2D eigenvalue weighted by Gasteiger charge is -2.13. The molecular formula is C7H9BrF2N2. The van der Waals surface area contributed by atoms with Gasteiger partial charge in [-0.3, -0.25) is 0 Å². The molecule has 0 fully saturated rings. The van der Waals surface area contributed by atoms with Gasteiger partial charge in [-0.25, -0.2) is 13.8 Å². The van der Waals surface area contributed by atoms with Gasteiger partial charge in [0.15, 0.2) is 0 Å². The summed E-state index contributed by atoms with van der Waals surface area (Å²) in [7, 11) is 0. The fourth-order valence-electron chi connectivity index (χ4n) is 0.798. The Morgan fingerprint density at radius 1 is 1.67 bits per heavy atom. The Kier molecular flexibility index (Phi) is 2.82. The molecule has 0 radical (unpaired) electrons. The maximum atomic E-state index is 12.8. The molecule has 0 saturated heterocycles. The second kappa shape index (κ2) is 3.51. The molecule has 5 heteroatoms. The predicted octanol–water partition coefficient (Wildman–Crippen LogP) is 2.69. The van der Waals surface area contributed by atoms with Crippen LogP contribution in [0, 0.1) is 0 Å². The van der Waals surface area contributed by atoms with Crippen LogP contribution in [-0.2, 0) is 6.54 Å². The number of nitrogens with zero attached hydrogens (tertiary/aromatic N) is 2. The fourth-order valence-corrected chi connectivity index (χ4v) is 1.15. The van der Waals surface area contributed by atoms with Crippen molar-refractivity contribution < 1.29 is 8.78 Å². The number of hydrogen-bond acceptors (Lipinski definition) is 1. The van der Waals surface area contributed by atoms with Crippen molar-refractivity contribution in [2.24, 2.45) is 0 Å². The quantitative estimate of drug-likeness (QED) is 0.792. The van der Waals surface area contributed by atoms with Crippen LogP contribution in [0.3, 0.4) is 0 Å². The molecular weight excluding hydrogens is 230 g/mol. The molecule has 1 rings (SSSR count). The third-order valence-corrected chi connectivity index (χ3v) is 1.94. The Morgan fingerprint density at radius 3 is 2.75 bits per heavy atom. The van der Waals surface area contributed by atoms with Crippen molar-refractivity contribution in [3.05, 3.63) is 17.1 Å². The standard InChI is InChI=1S/C7H9BrF2N2/c1-2-7(9,10)4-12-3-6(8)11-5-12/h3,5H,2,4H2,1H3. The van der Waals surface area contributed by atoms with Crippen molar-refractivity contribution in [1.29, 1.82) is 0 Å². The third kappa shape index (κ3) is 2.55. The summed E-state index contributed by atoms with van der Waals surface area (Å²) in [5, 5.41) is 0. The summed E-state index contributed by atoms with van der Waals surface area (Å²) < 4.78 is 27.5. The molecule has 0 N–H and O–H groups in total. The van der Waals surface area contributed by atoms with Gasteiger partial charge in [0.25, 0.3) is 5.92 Å². The van der Waals surface area contributed by atoms with Gasteiger partial charge in [-0.2, -0.15) is 0 Å². The first kappa shape index (κ1) is 9.64. The van der Waals surface area contributed by atoms with Gasteiger partial charge in [0.1, 0.15) is 4.60 Å². The van der Waals surface area contributed by atoms with Crippen LogP contribution in [0.25, 0.3) is 0 Å². The van der Waals surface area contributed by atoms with Gasteiger partial charge in [-0.05, 0) is 15.9 Å². The van der Waals surface area contributed by atoms with E-state index in [1.165, 1.54) is 24.0 Å². The molecule has 0 atom stereocenters. The molecule has 0 unspecified atom stereocenters. The number of alkyl halides is 2. The normalized spacial score (nSPS) is 12.0. The van der Waals surface area contributed by atoms with Crippen molar-refractivity contribution in [2.45, 2.75) is 25.8 Å². The van der Waals surface area contributed by atoms with E-state index in [4.69, 9.17) is 0 Å². The molecule has 0 bridgehead atoms. The zero-order chi connectivity index (χ0) is 9.19. The summed E-state index contributed by atoms with van der Waals surface area (Å²) in [5.74, 6) is -2.64. The van der Waals surface area contributed by atoms with E-state index in [1.807, 2.05) is 0 Å². The Hall–Kier alpha value is -0.450. The van der Waals surface area contributed by atoms with E-state index in [9.17, 15) is 8.78 Å². The van der Waals surface area contributed by atoms with Crippen LogP contribution < -0.4 is 0 Å². The number of rotatable bonds is 3. The molecule has 0 saturated carbocycles. The number of hydrogen-bond donors (Lipinski definition) is 0. The minimum Gasteiger partial charge on any atom is -0.330 e. The molecule has 0 aliphatic rings. The first-order valence-corrected chi connectivity index (χ1v) is 4.38. The highest BCUT2D eigenvalue weighted by molar-refractivity contribution is 9.10. The van der Waals surface area contributed by atoms with E-state index in [0.717, 1.165) is 0 Å². The summed E-state index contributed by atoms with van der Waals surface area (Å²) in [5.41, 5.74) is 0. The average molecular weight is 239 g/mol. The summed E-state index contributed by atoms with van der Waals surface area (Å²) in [6, 6.07) is 0. The van der Waals surface area contributed by atoms with E-state index < -0.39 is 5.92 Å². The van der Waals surface area contributed by atoms with Crippen LogP contribution in [0.1, 0.15) is 13.3 Å². The lowest BCUT2D eigenvalue weighted by molar-refractivity contribution is -0.0198. The second-order valence-corrected chi connectivity index (χ2v) is 3.39. The van der Waals surface area contributed by atoms with Crippen molar-refractivity contribution in [2.75, 3.05) is 0 Å². The Morgan fingerprint density at radius 2 is 2.33 bits per heavy atom. The molecule has 0 amide bonds. The fraction of sp³-hybridized carbons (Fsp3) is 0.571. The Bertz CT molecular complexity index is 260. The Balaban J connectivity index is 2.63. The van der Waals surface area contributed by atoms with E-state index >= 15 is 0 Å². The first-order chi connectivity index (χ1) is 5.53. The predicted molar refractivity (Wildman–Crippen MR) is 45.2 cm³/mol. The third-order valence-electron chi connectivity index (χ3n) is 1.53. The monoisotopic (exact) mass is 238 g/mol. The smallest absolute Gasteiger partial charge is 0.265 e. The molecule has 0 aromatic carbocycles. The van der Waals surface area contributed by atoms with Crippen LogP contribution in [0.15, 0.2) is 17.1 Å². The Labute approximate surface area is 77.7 Å². The SMILES string of the molecule is CCC(F)(F)Cn1cnc(Br)c1. The topological polar surface area (TPSA) is 17.8 Å². The van der Waals surface area contributed by atoms with Gasteiger partial charge in [-0.15, -0.1) is 0 Å². The van der Waals surface area contributed by atoms with Crippen molar-refractivity contribution in [1.82, 2.24) is 9.55 Å². The summed E-state index contributed by atoms with van der Waals surface area (Å²) >= 11 is 3.08. The van der Waals surface area contributed by atoms with Gasteiger partial charge in [0.2, 0.25) is 0 Å². The number of imidazole rings is 1. The number of halogens is 3. The minimum absolute atomic E-state index is 0.150. The molecule has 0 aliphatic heterocycles. The maximum Gasteiger partial charge on any atom is 0.265 e. The van der Waals surface area contributed by atoms with Gasteiger partial charge in [-0.1, -0.05) is 6.92 Å². The van der Waals surface area contributed by atoms with Crippen LogP contribution >= 0.6 is 15.9 Å². The lowest BCUT2D eigenvalue weighted by atomic mass is 10.2. The summed E-state index contributed by atoms with van der Waals surface area (Å²) in [6.07, 6.45) is 2.76. The van der Waals surface area contributed by atoms with E-state index in [2.05, 4.69) is 20.9 Å². The maximum absolute atomic E-state index is 12.8. The van der Waals surface area contributed by atoms with Gasteiger partial charge < -0.3 is 4.57 Å². The molecule has 12 heavy (non-hydrogen) atoms. The summed E-state index contributed by atoms with van der Waals surface area (Å²) in [6.45, 7) is 1.16. The number of aromatic nitrogens is 2. The van der Waals surface area contributed by atoms with Gasteiger partial charge in [0.05, 0.1) is 12.9 Å². The zero-order valence-corrected chi connectivity index (χ0v) is 8.18. The van der Waals surface area contributed by atoms with Crippen molar-refractivity contribution >= 4 is 15.9 Å². The second-order valence-electron chi connectivity index (χ2n) is 2.58. The largest absolute Gasteiger partial charge is 0.330 e. The zero-order valence-electron chi connectivity index (χ0n) is 6.60. The molecule has 68 valence electrons. The van der Waals surface area contributed by atoms with E-state index in [0.29, 0.717) is 4.60 Å². The average Bonchev–Trinajstić information content (AvgIpc) is 2.35. The highest BCUT2D eigenvalue weighted by Crippen LogP contribution is 2.20. The minimum atomic E-state index is -2.64. The molecule has 1 aromatic rings. The molecule has 0 aliphatic carbocycles. The lowest BCUT2D eigenvalue weighted by Crippen LogP contribution is -2.21. The molecule has 1 heterocycles. The summed E-state index contributed by atoms with van der Waals surface area (Å²) in [4.78, 5) is 3.78. The van der Waals surface area contributed by atoms with E-state index in [1.54, 1.807) is 0 Å².